The molecule has 0 bridgehead atoms. The fraction of sp³-hybridized carbons (Fsp3) is 0. The van der Waals surface area contributed by atoms with Crippen LogP contribution in [0, 0.1) is 0 Å². The molecule has 0 aliphatic heterocycles. The Morgan fingerprint density at radius 1 is 0.950 bits per heavy atom. The monoisotopic (exact) mass is 328 g/mol. The van der Waals surface area contributed by atoms with Gasteiger partial charge in [-0.05, 0) is 12.1 Å². The number of carbonyl (C=O) groups is 3. The summed E-state index contributed by atoms with van der Waals surface area (Å²) in [6.45, 7) is 0. The first kappa shape index (κ1) is 19.2. The van der Waals surface area contributed by atoms with E-state index in [1.54, 1.807) is 0 Å². The van der Waals surface area contributed by atoms with Crippen LogP contribution in [0.1, 0.15) is 31.1 Å². The van der Waals surface area contributed by atoms with Gasteiger partial charge < -0.3 is 19.9 Å². The van der Waals surface area contributed by atoms with Crippen molar-refractivity contribution in [1.82, 2.24) is 0 Å². The maximum absolute atomic E-state index is 10.9. The van der Waals surface area contributed by atoms with Crippen molar-refractivity contribution in [3.8, 4) is 0 Å². The molecule has 0 aliphatic carbocycles. The number of benzene rings is 1. The molecule has 0 atom stereocenters. The molecule has 0 spiro atoms. The summed E-state index contributed by atoms with van der Waals surface area (Å²) in [6.07, 6.45) is 0. The first-order chi connectivity index (χ1) is 8.55. The van der Waals surface area contributed by atoms with Gasteiger partial charge in [0.25, 0.3) is 0 Å². The minimum atomic E-state index is -5.35. The molecule has 0 heterocycles. The molecule has 0 unspecified atom stereocenters. The molecule has 20 heavy (non-hydrogen) atoms. The van der Waals surface area contributed by atoms with Gasteiger partial charge in [0.2, 0.25) is 0 Å². The fourth-order valence-corrected chi connectivity index (χ4v) is 2.04. The molecule has 0 saturated carbocycles. The Morgan fingerprint density at radius 2 is 1.45 bits per heavy atom. The zero-order valence-corrected chi connectivity index (χ0v) is 13.8. The van der Waals surface area contributed by atoms with Gasteiger partial charge in [-0.3, -0.25) is 0 Å². The van der Waals surface area contributed by atoms with Gasteiger partial charge in [-0.15, -0.1) is 0 Å². The Hall–Kier alpha value is -0.824. The van der Waals surface area contributed by atoms with Crippen molar-refractivity contribution in [2.45, 2.75) is 4.90 Å². The van der Waals surface area contributed by atoms with E-state index in [2.05, 4.69) is 0 Å². The third-order valence-corrected chi connectivity index (χ3v) is 2.92. The fourth-order valence-electron chi connectivity index (χ4n) is 1.33. The minimum absolute atomic E-state index is 0. The molecule has 0 radical (unpaired) electrons. The molecule has 1 aromatic rings. The Bertz CT molecular complexity index is 692. The second-order valence-electron chi connectivity index (χ2n) is 3.27. The molecule has 0 amide bonds. The first-order valence-electron chi connectivity index (χ1n) is 4.39. The van der Waals surface area contributed by atoms with E-state index in [1.165, 1.54) is 0 Å². The van der Waals surface area contributed by atoms with Crippen LogP contribution in [0.25, 0.3) is 0 Å². The Balaban J connectivity index is 0.00000361. The summed E-state index contributed by atoms with van der Waals surface area (Å²) < 4.78 is 32.7. The van der Waals surface area contributed by atoms with Gasteiger partial charge in [0, 0.05) is 0 Å². The third kappa shape index (κ3) is 4.08. The molecule has 0 fully saturated rings. The zero-order valence-electron chi connectivity index (χ0n) is 9.85. The molecule has 0 aromatic heterocycles. The normalized spacial score (nSPS) is 10.4. The summed E-state index contributed by atoms with van der Waals surface area (Å²) in [5.74, 6) is -5.54. The van der Waals surface area contributed by atoms with Crippen LogP contribution < -0.4 is 51.4 Å². The van der Waals surface area contributed by atoms with Crippen LogP contribution >= 0.6 is 0 Å². The predicted octanol–water partition coefficient (Wildman–Crippen LogP) is -3.31. The zero-order chi connectivity index (χ0) is 15.0. The first-order valence-corrected chi connectivity index (χ1v) is 5.80. The average molecular weight is 328 g/mol. The second kappa shape index (κ2) is 6.75. The van der Waals surface area contributed by atoms with E-state index in [4.69, 9.17) is 15.3 Å². The van der Waals surface area contributed by atoms with E-state index >= 15 is 0 Å². The van der Waals surface area contributed by atoms with Crippen LogP contribution in [0.5, 0.6) is 0 Å². The Morgan fingerprint density at radius 3 is 1.75 bits per heavy atom. The van der Waals surface area contributed by atoms with E-state index in [9.17, 15) is 27.4 Å². The minimum Gasteiger partial charge on any atom is -0.744 e. The number of hydrogen-bond donors (Lipinski definition) is 3. The summed E-state index contributed by atoms with van der Waals surface area (Å²) in [5.41, 5.74) is -3.19. The van der Waals surface area contributed by atoms with Crippen LogP contribution in [-0.4, -0.2) is 46.2 Å². The number of carboxylic acids is 3. The second-order valence-corrected chi connectivity index (χ2v) is 4.61. The number of aromatic carboxylic acids is 3. The van der Waals surface area contributed by atoms with Gasteiger partial charge in [-0.25, -0.2) is 22.8 Å². The number of rotatable bonds is 4. The van der Waals surface area contributed by atoms with Gasteiger partial charge in [0.1, 0.15) is 10.1 Å². The summed E-state index contributed by atoms with van der Waals surface area (Å²) in [5, 5.41) is 26.2. The Kier molecular flexibility index (Phi) is 6.48. The van der Waals surface area contributed by atoms with Crippen LogP contribution in [0.3, 0.4) is 0 Å². The molecule has 0 saturated heterocycles. The van der Waals surface area contributed by atoms with Gasteiger partial charge in [0.15, 0.2) is 0 Å². The molecular weight excluding hydrogens is 323 g/mol. The van der Waals surface area contributed by atoms with Crippen molar-refractivity contribution in [2.75, 3.05) is 0 Å². The molecule has 102 valence electrons. The van der Waals surface area contributed by atoms with Crippen molar-refractivity contribution in [1.29, 1.82) is 0 Å². The van der Waals surface area contributed by atoms with Crippen molar-refractivity contribution < 1.29 is 94.1 Å². The molecule has 0 aliphatic rings. The average Bonchev–Trinajstić information content (AvgIpc) is 2.25. The summed E-state index contributed by atoms with van der Waals surface area (Å²) in [6, 6.07) is 0.767. The van der Waals surface area contributed by atoms with E-state index in [0.717, 1.165) is 0 Å². The molecule has 1 aromatic carbocycles. The molecule has 1 rings (SSSR count). The van der Waals surface area contributed by atoms with E-state index < -0.39 is 49.6 Å². The molecule has 9 nitrogen and oxygen atoms in total. The number of carboxylic acid groups (broad SMARTS) is 3. The maximum Gasteiger partial charge on any atom is 1.00 e. The van der Waals surface area contributed by atoms with Gasteiger partial charge in [-0.2, -0.15) is 0 Å². The third-order valence-electron chi connectivity index (χ3n) is 2.06. The van der Waals surface area contributed by atoms with Gasteiger partial charge in [0.05, 0.1) is 21.6 Å². The molecular formula is C9H5KO9S. The molecule has 11 heteroatoms. The van der Waals surface area contributed by atoms with Crippen LogP contribution in [0.4, 0.5) is 0 Å². The number of hydrogen-bond acceptors (Lipinski definition) is 6. The van der Waals surface area contributed by atoms with Gasteiger partial charge >= 0.3 is 69.3 Å². The van der Waals surface area contributed by atoms with Crippen molar-refractivity contribution in [3.05, 3.63) is 28.8 Å². The largest absolute Gasteiger partial charge is 1.00 e. The summed E-state index contributed by atoms with van der Waals surface area (Å²) in [4.78, 5) is 31.0. The van der Waals surface area contributed by atoms with Crippen molar-refractivity contribution in [3.63, 3.8) is 0 Å². The standard InChI is InChI=1S/C9H6O9S.K/c10-7(11)3-1-4(8(12)13)6(9(14)15)5(2-3)19(16,17)18;/h1-2H,(H,10,11)(H,12,13)(H,14,15)(H,16,17,18);/q;+1/p-1. The summed E-state index contributed by atoms with van der Waals surface area (Å²) in [7, 11) is -5.35. The maximum atomic E-state index is 10.9. The predicted molar refractivity (Wildman–Crippen MR) is 55.3 cm³/mol. The topological polar surface area (TPSA) is 169 Å². The quantitative estimate of drug-likeness (QED) is 0.378. The van der Waals surface area contributed by atoms with Gasteiger partial charge in [-0.1, -0.05) is 0 Å². The summed E-state index contributed by atoms with van der Waals surface area (Å²) >= 11 is 0. The Labute approximate surface area is 154 Å². The van der Waals surface area contributed by atoms with E-state index in [1.807, 2.05) is 0 Å². The van der Waals surface area contributed by atoms with Crippen LogP contribution in [0.15, 0.2) is 17.0 Å². The van der Waals surface area contributed by atoms with E-state index in [0.29, 0.717) is 12.1 Å². The SMILES string of the molecule is O=C(O)c1cc(C(=O)O)c(C(=O)O)c(S(=O)(=O)[O-])c1.[K+]. The van der Waals surface area contributed by atoms with E-state index in [-0.39, 0.29) is 51.4 Å². The van der Waals surface area contributed by atoms with Crippen molar-refractivity contribution in [2.24, 2.45) is 0 Å². The molecule has 3 N–H and O–H groups in total. The van der Waals surface area contributed by atoms with Crippen LogP contribution in [0.2, 0.25) is 0 Å². The van der Waals surface area contributed by atoms with Crippen molar-refractivity contribution >= 4 is 28.0 Å². The van der Waals surface area contributed by atoms with Crippen LogP contribution in [-0.2, 0) is 10.1 Å². The smallest absolute Gasteiger partial charge is 0.744 e.